The Kier molecular flexibility index (Phi) is 7.02. The van der Waals surface area contributed by atoms with Crippen LogP contribution in [0.15, 0.2) is 24.3 Å². The van der Waals surface area contributed by atoms with Crippen LogP contribution in [0.25, 0.3) is 0 Å². The van der Waals surface area contributed by atoms with Crippen LogP contribution < -0.4 is 10.6 Å². The molecule has 2 nitrogen and oxygen atoms in total. The number of rotatable bonds is 8. The van der Waals surface area contributed by atoms with Gasteiger partial charge < -0.3 is 10.6 Å². The molecule has 0 saturated heterocycles. The Morgan fingerprint density at radius 3 is 2.35 bits per heavy atom. The summed E-state index contributed by atoms with van der Waals surface area (Å²) in [5.41, 5.74) is -0.249. The number of hydrogen-bond acceptors (Lipinski definition) is 2. The van der Waals surface area contributed by atoms with Gasteiger partial charge in [0.05, 0.1) is 5.56 Å². The van der Waals surface area contributed by atoms with Crippen molar-refractivity contribution in [1.29, 1.82) is 0 Å². The van der Waals surface area contributed by atoms with Gasteiger partial charge in [-0.3, -0.25) is 0 Å². The lowest BCUT2D eigenvalue weighted by atomic mass is 10.1. The minimum absolute atomic E-state index is 0.250. The van der Waals surface area contributed by atoms with Gasteiger partial charge in [-0.1, -0.05) is 32.0 Å². The van der Waals surface area contributed by atoms with Gasteiger partial charge >= 0.3 is 6.18 Å². The highest BCUT2D eigenvalue weighted by atomic mass is 19.4. The SMILES string of the molecule is CC(C)CNCCCNCc1ccccc1C(F)(F)F. The second kappa shape index (κ2) is 8.27. The lowest BCUT2D eigenvalue weighted by Gasteiger charge is -2.13. The molecule has 2 N–H and O–H groups in total. The fraction of sp³-hybridized carbons (Fsp3) is 0.600. The summed E-state index contributed by atoms with van der Waals surface area (Å²) in [5, 5.41) is 6.36. The van der Waals surface area contributed by atoms with Crippen molar-refractivity contribution in [2.45, 2.75) is 33.0 Å². The highest BCUT2D eigenvalue weighted by Crippen LogP contribution is 2.31. The molecule has 0 spiro atoms. The van der Waals surface area contributed by atoms with Crippen LogP contribution >= 0.6 is 0 Å². The lowest BCUT2D eigenvalue weighted by molar-refractivity contribution is -0.138. The summed E-state index contributed by atoms with van der Waals surface area (Å²) in [6, 6.07) is 5.70. The molecule has 0 aromatic heterocycles. The smallest absolute Gasteiger partial charge is 0.316 e. The molecule has 0 atom stereocenters. The van der Waals surface area contributed by atoms with E-state index in [-0.39, 0.29) is 6.54 Å². The number of hydrogen-bond donors (Lipinski definition) is 2. The first-order valence-corrected chi connectivity index (χ1v) is 6.98. The summed E-state index contributed by atoms with van der Waals surface area (Å²) >= 11 is 0. The summed E-state index contributed by atoms with van der Waals surface area (Å²) in [6.07, 6.45) is -3.38. The molecular formula is C15H23F3N2. The molecule has 0 amide bonds. The molecule has 0 unspecified atom stereocenters. The normalized spacial score (nSPS) is 12.1. The number of halogens is 3. The lowest BCUT2D eigenvalue weighted by Crippen LogP contribution is -2.25. The van der Waals surface area contributed by atoms with E-state index in [2.05, 4.69) is 24.5 Å². The monoisotopic (exact) mass is 288 g/mol. The van der Waals surface area contributed by atoms with Crippen molar-refractivity contribution in [2.24, 2.45) is 5.92 Å². The van der Waals surface area contributed by atoms with Crippen LogP contribution in [-0.4, -0.2) is 19.6 Å². The molecule has 1 rings (SSSR count). The highest BCUT2D eigenvalue weighted by Gasteiger charge is 2.32. The van der Waals surface area contributed by atoms with Crippen LogP contribution in [0.4, 0.5) is 13.2 Å². The maximum absolute atomic E-state index is 12.8. The third kappa shape index (κ3) is 6.39. The van der Waals surface area contributed by atoms with Crippen molar-refractivity contribution in [3.63, 3.8) is 0 Å². The zero-order chi connectivity index (χ0) is 15.0. The van der Waals surface area contributed by atoms with Crippen LogP contribution in [0.3, 0.4) is 0 Å². The summed E-state index contributed by atoms with van der Waals surface area (Å²) in [5.74, 6) is 0.613. The topological polar surface area (TPSA) is 24.1 Å². The first-order chi connectivity index (χ1) is 9.41. The molecule has 0 fully saturated rings. The largest absolute Gasteiger partial charge is 0.416 e. The van der Waals surface area contributed by atoms with E-state index < -0.39 is 11.7 Å². The van der Waals surface area contributed by atoms with Gasteiger partial charge in [0.15, 0.2) is 0 Å². The Morgan fingerprint density at radius 2 is 1.70 bits per heavy atom. The summed E-state index contributed by atoms with van der Waals surface area (Å²) in [6.45, 7) is 7.08. The van der Waals surface area contributed by atoms with E-state index in [1.807, 2.05) is 0 Å². The van der Waals surface area contributed by atoms with E-state index in [0.717, 1.165) is 25.6 Å². The Labute approximate surface area is 118 Å². The van der Waals surface area contributed by atoms with E-state index in [1.165, 1.54) is 12.1 Å². The zero-order valence-corrected chi connectivity index (χ0v) is 12.1. The van der Waals surface area contributed by atoms with Crippen molar-refractivity contribution >= 4 is 0 Å². The minimum atomic E-state index is -4.28. The molecule has 0 aliphatic rings. The highest BCUT2D eigenvalue weighted by molar-refractivity contribution is 5.29. The van der Waals surface area contributed by atoms with E-state index in [1.54, 1.807) is 6.07 Å². The number of nitrogens with one attached hydrogen (secondary N) is 2. The molecule has 0 saturated carbocycles. The average Bonchev–Trinajstić information content (AvgIpc) is 2.36. The third-order valence-electron chi connectivity index (χ3n) is 2.90. The van der Waals surface area contributed by atoms with Gasteiger partial charge in [-0.25, -0.2) is 0 Å². The molecule has 114 valence electrons. The first-order valence-electron chi connectivity index (χ1n) is 6.98. The Bertz CT molecular complexity index is 389. The van der Waals surface area contributed by atoms with Gasteiger partial charge in [-0.05, 0) is 43.6 Å². The second-order valence-corrected chi connectivity index (χ2v) is 5.28. The molecule has 0 aliphatic carbocycles. The van der Waals surface area contributed by atoms with Gasteiger partial charge in [0.2, 0.25) is 0 Å². The Hall–Kier alpha value is -1.07. The van der Waals surface area contributed by atoms with Crippen LogP contribution in [-0.2, 0) is 12.7 Å². The van der Waals surface area contributed by atoms with E-state index >= 15 is 0 Å². The minimum Gasteiger partial charge on any atom is -0.316 e. The molecule has 1 aromatic rings. The average molecular weight is 288 g/mol. The van der Waals surface area contributed by atoms with E-state index in [4.69, 9.17) is 0 Å². The first kappa shape index (κ1) is 17.0. The fourth-order valence-corrected chi connectivity index (χ4v) is 1.90. The van der Waals surface area contributed by atoms with Crippen LogP contribution in [0.5, 0.6) is 0 Å². The Balaban J connectivity index is 2.29. The van der Waals surface area contributed by atoms with Crippen LogP contribution in [0, 0.1) is 5.92 Å². The fourth-order valence-electron chi connectivity index (χ4n) is 1.90. The molecular weight excluding hydrogens is 265 g/mol. The van der Waals surface area contributed by atoms with Gasteiger partial charge in [0.25, 0.3) is 0 Å². The summed E-state index contributed by atoms with van der Waals surface area (Å²) < 4.78 is 38.3. The van der Waals surface area contributed by atoms with Gasteiger partial charge in [-0.15, -0.1) is 0 Å². The maximum atomic E-state index is 12.8. The number of alkyl halides is 3. The zero-order valence-electron chi connectivity index (χ0n) is 12.1. The van der Waals surface area contributed by atoms with Crippen molar-refractivity contribution < 1.29 is 13.2 Å². The quantitative estimate of drug-likeness (QED) is 0.716. The summed E-state index contributed by atoms with van der Waals surface area (Å²) in [7, 11) is 0. The van der Waals surface area contributed by atoms with Crippen molar-refractivity contribution in [3.8, 4) is 0 Å². The molecule has 0 bridgehead atoms. The van der Waals surface area contributed by atoms with Crippen LogP contribution in [0.1, 0.15) is 31.4 Å². The standard InChI is InChI=1S/C15H23F3N2/c1-12(2)10-19-8-5-9-20-11-13-6-3-4-7-14(13)15(16,17)18/h3-4,6-7,12,19-20H,5,8-11H2,1-2H3. The van der Waals surface area contributed by atoms with Crippen molar-refractivity contribution in [3.05, 3.63) is 35.4 Å². The molecule has 0 heterocycles. The van der Waals surface area contributed by atoms with Gasteiger partial charge in [0.1, 0.15) is 0 Å². The molecule has 5 heteroatoms. The molecule has 1 aromatic carbocycles. The molecule has 20 heavy (non-hydrogen) atoms. The summed E-state index contributed by atoms with van der Waals surface area (Å²) in [4.78, 5) is 0. The van der Waals surface area contributed by atoms with E-state index in [0.29, 0.717) is 18.0 Å². The van der Waals surface area contributed by atoms with Crippen molar-refractivity contribution in [2.75, 3.05) is 19.6 Å². The van der Waals surface area contributed by atoms with E-state index in [9.17, 15) is 13.2 Å². The van der Waals surface area contributed by atoms with Crippen LogP contribution in [0.2, 0.25) is 0 Å². The van der Waals surface area contributed by atoms with Gasteiger partial charge in [0, 0.05) is 6.54 Å². The predicted octanol–water partition coefficient (Wildman–Crippen LogP) is 3.43. The molecule has 0 radical (unpaired) electrons. The van der Waals surface area contributed by atoms with Gasteiger partial charge in [-0.2, -0.15) is 13.2 Å². The second-order valence-electron chi connectivity index (χ2n) is 5.28. The number of benzene rings is 1. The van der Waals surface area contributed by atoms with Crippen molar-refractivity contribution in [1.82, 2.24) is 10.6 Å². The Morgan fingerprint density at radius 1 is 1.05 bits per heavy atom. The third-order valence-corrected chi connectivity index (χ3v) is 2.90. The molecule has 0 aliphatic heterocycles. The predicted molar refractivity (Wildman–Crippen MR) is 75.5 cm³/mol. The maximum Gasteiger partial charge on any atom is 0.416 e.